The van der Waals surface area contributed by atoms with Crippen LogP contribution in [-0.4, -0.2) is 111 Å². The number of carbonyl (C=O) groups is 6. The Balaban J connectivity index is 0.000000136. The molecule has 16 nitrogen and oxygen atoms in total. The number of rotatable bonds is 17. The lowest BCUT2D eigenvalue weighted by Crippen LogP contribution is -2.59. The summed E-state index contributed by atoms with van der Waals surface area (Å²) in [4.78, 5) is 84.5. The Morgan fingerprint density at radius 3 is 1.23 bits per heavy atom. The second-order valence-electron chi connectivity index (χ2n) is 26.0. The molecule has 12 aliphatic rings. The highest BCUT2D eigenvalue weighted by Crippen LogP contribution is 2.56. The van der Waals surface area contributed by atoms with Crippen LogP contribution in [0.1, 0.15) is 147 Å². The number of benzene rings is 2. The molecule has 2 aromatic carbocycles. The number of urea groups is 3. The average Bonchev–Trinajstić information content (AvgIpc) is 3.46. The van der Waals surface area contributed by atoms with E-state index >= 15 is 0 Å². The normalized spacial score (nSPS) is 31.3. The van der Waals surface area contributed by atoms with Crippen LogP contribution in [0.3, 0.4) is 0 Å². The highest BCUT2D eigenvalue weighted by Gasteiger charge is 2.52. The number of carboxylic acid groups (broad SMARTS) is 1. The van der Waals surface area contributed by atoms with Crippen LogP contribution in [0.2, 0.25) is 0 Å². The highest BCUT2D eigenvalue weighted by molar-refractivity contribution is 5.84. The summed E-state index contributed by atoms with van der Waals surface area (Å²) < 4.78 is 10.1. The maximum absolute atomic E-state index is 13.2. The molecule has 6 amide bonds. The molecular formula is C65H89N7O9. The number of ether oxygens (including phenoxy) is 2. The van der Waals surface area contributed by atoms with E-state index in [1.807, 2.05) is 80.6 Å². The van der Waals surface area contributed by atoms with E-state index in [2.05, 4.69) is 20.9 Å². The van der Waals surface area contributed by atoms with E-state index in [-0.39, 0.29) is 67.3 Å². The van der Waals surface area contributed by atoms with Crippen molar-refractivity contribution < 1.29 is 43.3 Å². The Kier molecular flexibility index (Phi) is 18.9. The lowest BCUT2D eigenvalue weighted by atomic mass is 9.54. The third-order valence-corrected chi connectivity index (χ3v) is 20.1. The Hall–Kier alpha value is -6.19. The number of hydrogen-bond acceptors (Lipinski definition) is 9. The van der Waals surface area contributed by atoms with Crippen molar-refractivity contribution in [3.8, 4) is 0 Å². The molecule has 12 aliphatic carbocycles. The number of amides is 6. The SMILES string of the molecule is CC(C)N(C(=O)NC1C2CC3CC(C2)CC1C3)C(C(=O)O)c1ccccc1.CCOC(=O)CN(Cc1ccccc1)C(=O)NC1C2CC3CC(C2)CC1C3.CCOC(=O)CN(Cc1ccccn1)C(=O)NC1C2CC3CC(C2)CC1C3. The number of esters is 2. The minimum absolute atomic E-state index is 0.0120. The van der Waals surface area contributed by atoms with Gasteiger partial charge in [0.1, 0.15) is 13.1 Å². The van der Waals surface area contributed by atoms with Crippen LogP contribution in [0, 0.1) is 71.0 Å². The van der Waals surface area contributed by atoms with Crippen molar-refractivity contribution in [2.24, 2.45) is 71.0 Å². The van der Waals surface area contributed by atoms with Gasteiger partial charge >= 0.3 is 36.0 Å². The van der Waals surface area contributed by atoms with E-state index < -0.39 is 12.0 Å². The van der Waals surface area contributed by atoms with E-state index in [1.165, 1.54) is 106 Å². The van der Waals surface area contributed by atoms with Crippen LogP contribution in [0.5, 0.6) is 0 Å². The summed E-state index contributed by atoms with van der Waals surface area (Å²) in [5, 5.41) is 19.7. The molecule has 1 heterocycles. The van der Waals surface area contributed by atoms with Gasteiger partial charge in [0.15, 0.2) is 6.04 Å². The van der Waals surface area contributed by atoms with Gasteiger partial charge in [-0.1, -0.05) is 66.7 Å². The molecule has 3 aromatic rings. The van der Waals surface area contributed by atoms with Crippen molar-refractivity contribution in [2.45, 2.75) is 167 Å². The molecule has 438 valence electrons. The summed E-state index contributed by atoms with van der Waals surface area (Å²) in [7, 11) is 0. The summed E-state index contributed by atoms with van der Waals surface area (Å²) in [5.41, 5.74) is 2.42. The van der Waals surface area contributed by atoms with Gasteiger partial charge in [-0.2, -0.15) is 0 Å². The van der Waals surface area contributed by atoms with Crippen LogP contribution in [0.25, 0.3) is 0 Å². The predicted molar refractivity (Wildman–Crippen MR) is 307 cm³/mol. The second kappa shape index (κ2) is 26.4. The maximum atomic E-state index is 13.2. The van der Waals surface area contributed by atoms with Gasteiger partial charge in [0.2, 0.25) is 0 Å². The van der Waals surface area contributed by atoms with Gasteiger partial charge < -0.3 is 45.2 Å². The third kappa shape index (κ3) is 14.2. The fraction of sp³-hybridized carbons (Fsp3) is 0.646. The molecule has 81 heavy (non-hydrogen) atoms. The smallest absolute Gasteiger partial charge is 0.331 e. The van der Waals surface area contributed by atoms with Crippen molar-refractivity contribution in [3.05, 3.63) is 102 Å². The van der Waals surface area contributed by atoms with E-state index in [1.54, 1.807) is 37.1 Å². The molecule has 0 saturated heterocycles. The molecule has 1 aromatic heterocycles. The zero-order valence-electron chi connectivity index (χ0n) is 48.2. The molecule has 12 fully saturated rings. The molecule has 0 radical (unpaired) electrons. The predicted octanol–water partition coefficient (Wildman–Crippen LogP) is 10.6. The first kappa shape index (κ1) is 58.0. The largest absolute Gasteiger partial charge is 0.479 e. The number of pyridine rings is 1. The fourth-order valence-electron chi connectivity index (χ4n) is 17.5. The molecule has 16 heteroatoms. The lowest BCUT2D eigenvalue weighted by molar-refractivity contribution is -0.144. The molecule has 0 spiro atoms. The summed E-state index contributed by atoms with van der Waals surface area (Å²) in [5.74, 6) is 7.02. The summed E-state index contributed by atoms with van der Waals surface area (Å²) in [6, 6.07) is 23.5. The minimum Gasteiger partial charge on any atom is -0.479 e. The summed E-state index contributed by atoms with van der Waals surface area (Å²) in [6.07, 6.45) is 20.8. The molecular weight excluding hydrogens is 1020 g/mol. The third-order valence-electron chi connectivity index (χ3n) is 20.1. The summed E-state index contributed by atoms with van der Waals surface area (Å²) >= 11 is 0. The Morgan fingerprint density at radius 2 is 0.877 bits per heavy atom. The maximum Gasteiger partial charge on any atom is 0.331 e. The molecule has 12 saturated carbocycles. The minimum atomic E-state index is -0.991. The van der Waals surface area contributed by atoms with Crippen LogP contribution in [-0.2, 0) is 36.9 Å². The molecule has 1 unspecified atom stereocenters. The topological polar surface area (TPSA) is 200 Å². The van der Waals surface area contributed by atoms with E-state index in [4.69, 9.17) is 9.47 Å². The second-order valence-corrected chi connectivity index (χ2v) is 26.0. The lowest BCUT2D eigenvalue weighted by Gasteiger charge is -2.54. The molecule has 15 rings (SSSR count). The molecule has 12 bridgehead atoms. The van der Waals surface area contributed by atoms with Crippen LogP contribution in [0.4, 0.5) is 14.4 Å². The van der Waals surface area contributed by atoms with Crippen molar-refractivity contribution in [1.82, 2.24) is 35.6 Å². The van der Waals surface area contributed by atoms with Gasteiger partial charge in [0.05, 0.1) is 25.5 Å². The van der Waals surface area contributed by atoms with Crippen LogP contribution in [0.15, 0.2) is 85.1 Å². The number of aliphatic carboxylic acids is 1. The fourth-order valence-corrected chi connectivity index (χ4v) is 17.5. The highest BCUT2D eigenvalue weighted by atomic mass is 16.5. The first-order valence-corrected chi connectivity index (χ1v) is 30.9. The molecule has 1 atom stereocenters. The van der Waals surface area contributed by atoms with Crippen molar-refractivity contribution in [2.75, 3.05) is 26.3 Å². The standard InChI is InChI=1S/2C22H30N2O3.C21H29N3O3/c1-13(2)24(20(21(25)26)16-6-4-3-5-7-16)22(27)23-19-17-9-14-8-15(11-17)12-18(19)10-14;1-2-27-20(25)14-24(13-15-6-4-3-5-7-15)22(26)23-21-18-9-16-8-17(11-18)12-19(21)10-16;1-2-27-19(25)13-24(12-18-5-3-4-6-22-18)21(26)23-20-16-8-14-7-15(10-16)11-17(20)9-14/h3-7,13-15,17-20H,8-12H2,1-2H3,(H,23,27)(H,25,26);3-7,16-19,21H,2,8-14H2,1H3,(H,23,26);3-6,14-17,20H,2,7-13H2,1H3,(H,23,26). The van der Waals surface area contributed by atoms with Crippen LogP contribution < -0.4 is 16.0 Å². The van der Waals surface area contributed by atoms with Gasteiger partial charge in [-0.15, -0.1) is 0 Å². The summed E-state index contributed by atoms with van der Waals surface area (Å²) in [6.45, 7) is 8.62. The zero-order chi connectivity index (χ0) is 56.7. The van der Waals surface area contributed by atoms with Gasteiger partial charge in [-0.3, -0.25) is 14.6 Å². The van der Waals surface area contributed by atoms with Crippen molar-refractivity contribution >= 4 is 36.0 Å². The quantitative estimate of drug-likeness (QED) is 0.0943. The Morgan fingerprint density at radius 1 is 0.506 bits per heavy atom. The van der Waals surface area contributed by atoms with Gasteiger partial charge in [0, 0.05) is 36.9 Å². The Bertz CT molecular complexity index is 2420. The Labute approximate surface area is 479 Å². The first-order chi connectivity index (χ1) is 39.2. The molecule has 4 N–H and O–H groups in total. The van der Waals surface area contributed by atoms with Crippen molar-refractivity contribution in [3.63, 3.8) is 0 Å². The van der Waals surface area contributed by atoms with E-state index in [0.29, 0.717) is 67.4 Å². The monoisotopic (exact) mass is 1110 g/mol. The number of nitrogens with zero attached hydrogens (tertiary/aromatic N) is 4. The zero-order valence-corrected chi connectivity index (χ0v) is 48.2. The van der Waals surface area contributed by atoms with Gasteiger partial charge in [-0.05, 0) is 218 Å². The van der Waals surface area contributed by atoms with Crippen LogP contribution >= 0.6 is 0 Å². The average molecular weight is 1110 g/mol. The molecule has 0 aliphatic heterocycles. The first-order valence-electron chi connectivity index (χ1n) is 30.9. The van der Waals surface area contributed by atoms with E-state index in [9.17, 15) is 33.9 Å². The number of carbonyl (C=O) groups excluding carboxylic acids is 5. The van der Waals surface area contributed by atoms with E-state index in [0.717, 1.165) is 46.8 Å². The number of nitrogens with one attached hydrogen (secondary N) is 3. The number of aromatic nitrogens is 1. The number of hydrogen-bond donors (Lipinski definition) is 4. The number of carboxylic acids is 1. The van der Waals surface area contributed by atoms with Crippen molar-refractivity contribution in [1.29, 1.82) is 0 Å². The van der Waals surface area contributed by atoms with Gasteiger partial charge in [0.25, 0.3) is 0 Å². The van der Waals surface area contributed by atoms with Gasteiger partial charge in [-0.25, -0.2) is 19.2 Å².